The Morgan fingerprint density at radius 1 is 0.742 bits per heavy atom. The maximum absolute atomic E-state index is 12.9. The number of rotatable bonds is 6. The van der Waals surface area contributed by atoms with Gasteiger partial charge < -0.3 is 50.5 Å². The van der Waals surface area contributed by atoms with Crippen LogP contribution in [0.5, 0.6) is 0 Å². The molecule has 1 saturated heterocycles. The Labute approximate surface area is 195 Å². The summed E-state index contributed by atoms with van der Waals surface area (Å²) in [6.45, 7) is 10.9. The number of hydrogen-bond donors (Lipinski definition) is 4. The summed E-state index contributed by atoms with van der Waals surface area (Å²) in [6, 6.07) is 0. The number of nitrogens with zero attached hydrogens (tertiary/aromatic N) is 2. The fraction of sp³-hybridized carbons (Fsp3) is 0.900. The number of nitrogens with one attached hydrogen (secondary N) is 2. The first-order chi connectivity index (χ1) is 13.8. The minimum absolute atomic E-state index is 0. The summed E-state index contributed by atoms with van der Waals surface area (Å²) in [7, 11) is 0. The van der Waals surface area contributed by atoms with Crippen LogP contribution in [0.15, 0.2) is 0 Å². The van der Waals surface area contributed by atoms with Gasteiger partial charge in [-0.1, -0.05) is 38.8 Å². The van der Waals surface area contributed by atoms with Crippen LogP contribution in [0.3, 0.4) is 0 Å². The van der Waals surface area contributed by atoms with Gasteiger partial charge in [0.1, 0.15) is 11.2 Å². The van der Waals surface area contributed by atoms with Gasteiger partial charge in [-0.15, -0.1) is 0 Å². The van der Waals surface area contributed by atoms with Crippen molar-refractivity contribution in [3.8, 4) is 0 Å². The first-order valence-electron chi connectivity index (χ1n) is 10.2. The number of hydrogen-bond acceptors (Lipinski definition) is 8. The summed E-state index contributed by atoms with van der Waals surface area (Å²) in [4.78, 5) is 25.9. The molecule has 0 unspecified atom stereocenters. The van der Waals surface area contributed by atoms with Crippen LogP contribution in [0.25, 0.3) is 10.6 Å². The zero-order valence-corrected chi connectivity index (χ0v) is 20.4. The van der Waals surface area contributed by atoms with Gasteiger partial charge in [-0.2, -0.15) is 0 Å². The summed E-state index contributed by atoms with van der Waals surface area (Å²) >= 11 is 0. The quantitative estimate of drug-likeness (QED) is 0.384. The molecular weight excluding hydrogens is 451 g/mol. The Hall–Kier alpha value is -0.806. The number of aliphatic hydroxyl groups excluding tert-OH is 2. The van der Waals surface area contributed by atoms with E-state index in [-0.39, 0.29) is 56.0 Å². The molecule has 1 aliphatic heterocycles. The van der Waals surface area contributed by atoms with E-state index >= 15 is 0 Å². The molecule has 1 fully saturated rings. The smallest absolute Gasteiger partial charge is 0.645 e. The second-order valence-corrected chi connectivity index (χ2v) is 9.27. The second-order valence-electron chi connectivity index (χ2n) is 9.27. The molecule has 0 aromatic heterocycles. The number of aliphatic hydroxyl groups is 2. The van der Waals surface area contributed by atoms with Gasteiger partial charge in [-0.3, -0.25) is 0 Å². The van der Waals surface area contributed by atoms with Crippen LogP contribution in [0.2, 0.25) is 0 Å². The number of amides is 2. The average Bonchev–Trinajstić information content (AvgIpc) is 2.62. The second kappa shape index (κ2) is 12.4. The summed E-state index contributed by atoms with van der Waals surface area (Å²) < 4.78 is 11.3. The number of carbonyl (C=O) groups is 2. The van der Waals surface area contributed by atoms with Gasteiger partial charge in [0.25, 0.3) is 0 Å². The van der Waals surface area contributed by atoms with Crippen LogP contribution in [-0.2, 0) is 35.6 Å². The van der Waals surface area contributed by atoms with Gasteiger partial charge >= 0.3 is 16.5 Å². The summed E-state index contributed by atoms with van der Waals surface area (Å²) in [5.74, 6) is -0.866. The van der Waals surface area contributed by atoms with Gasteiger partial charge in [0.15, 0.2) is 0 Å². The predicted molar refractivity (Wildman–Crippen MR) is 114 cm³/mol. The van der Waals surface area contributed by atoms with Gasteiger partial charge in [-0.25, -0.2) is 0 Å². The number of carbonyl (C=O) groups excluding carboxylic acids is 2. The zero-order chi connectivity index (χ0) is 23.1. The van der Waals surface area contributed by atoms with Crippen molar-refractivity contribution in [1.29, 1.82) is 0 Å². The monoisotopic (exact) mass is 488 g/mol. The SMILES string of the molecule is CC1(C)CNC[C@](C)(OCCO)C(=O)[N-]C(C)(C)CNC[C@@](C)(OCCO)C(=O)[N-]1.[Ni+2]. The molecule has 1 heterocycles. The van der Waals surface area contributed by atoms with Gasteiger partial charge in [0, 0.05) is 13.1 Å². The fourth-order valence-corrected chi connectivity index (χ4v) is 3.00. The van der Waals surface area contributed by atoms with E-state index in [0.29, 0.717) is 13.1 Å². The van der Waals surface area contributed by atoms with Crippen LogP contribution < -0.4 is 10.6 Å². The van der Waals surface area contributed by atoms with Crippen LogP contribution in [0.1, 0.15) is 41.5 Å². The van der Waals surface area contributed by atoms with Crippen LogP contribution in [0.4, 0.5) is 0 Å². The molecule has 11 heteroatoms. The van der Waals surface area contributed by atoms with Crippen molar-refractivity contribution in [3.05, 3.63) is 10.6 Å². The summed E-state index contributed by atoms with van der Waals surface area (Å²) in [6.07, 6.45) is 0. The molecular formula is C20H38N4NiO6. The van der Waals surface area contributed by atoms with E-state index in [2.05, 4.69) is 21.3 Å². The topological polar surface area (TPSA) is 145 Å². The van der Waals surface area contributed by atoms with E-state index in [1.807, 2.05) is 0 Å². The molecule has 2 atom stereocenters. The van der Waals surface area contributed by atoms with E-state index < -0.39 is 34.1 Å². The zero-order valence-electron chi connectivity index (χ0n) is 19.4. The molecule has 0 saturated carbocycles. The molecule has 1 rings (SSSR count). The predicted octanol–water partition coefficient (Wildman–Crippen LogP) is 0.0697. The maximum Gasteiger partial charge on any atom is 2.00 e. The molecule has 31 heavy (non-hydrogen) atoms. The van der Waals surface area contributed by atoms with Gasteiger partial charge in [0.05, 0.1) is 38.2 Å². The largest absolute Gasteiger partial charge is 2.00 e. The molecule has 1 aliphatic rings. The minimum atomic E-state index is -1.26. The van der Waals surface area contributed by atoms with Crippen molar-refractivity contribution in [1.82, 2.24) is 10.6 Å². The molecule has 4 N–H and O–H groups in total. The molecule has 0 bridgehead atoms. The molecule has 0 aliphatic carbocycles. The normalized spacial score (nSPS) is 29.8. The van der Waals surface area contributed by atoms with Gasteiger partial charge in [0.2, 0.25) is 0 Å². The van der Waals surface area contributed by atoms with Crippen molar-refractivity contribution < 1.29 is 45.8 Å². The van der Waals surface area contributed by atoms with Crippen molar-refractivity contribution in [2.75, 3.05) is 52.6 Å². The Morgan fingerprint density at radius 3 is 1.35 bits per heavy atom. The number of ether oxygens (including phenoxy) is 2. The van der Waals surface area contributed by atoms with Crippen molar-refractivity contribution in [2.24, 2.45) is 0 Å². The minimum Gasteiger partial charge on any atom is -0.645 e. The molecule has 0 spiro atoms. The van der Waals surface area contributed by atoms with E-state index in [1.54, 1.807) is 41.5 Å². The summed E-state index contributed by atoms with van der Waals surface area (Å²) in [5.41, 5.74) is -4.07. The van der Waals surface area contributed by atoms with Gasteiger partial charge in [-0.05, 0) is 26.9 Å². The standard InChI is InChI=1S/C20H40N4O6.Ni/c1-17(2)11-21-13-20(6,30-10-8-26)16(28)24-18(3,4)12-22-14-19(5,15(27)23-17)29-9-7-25;/h21-22,25-26H,7-14H2,1-6H3,(H2,23,24,27,28);/q;+2/p-2/t19-,20+;. The molecule has 0 aromatic carbocycles. The molecule has 0 radical (unpaired) electrons. The first kappa shape index (κ1) is 30.2. The average molecular weight is 489 g/mol. The van der Waals surface area contributed by atoms with E-state index in [4.69, 9.17) is 19.7 Å². The summed E-state index contributed by atoms with van der Waals surface area (Å²) in [5, 5.41) is 33.2. The van der Waals surface area contributed by atoms with E-state index in [1.165, 1.54) is 0 Å². The van der Waals surface area contributed by atoms with Crippen molar-refractivity contribution >= 4 is 11.8 Å². The molecule has 2 amide bonds. The third-order valence-electron chi connectivity index (χ3n) is 4.78. The van der Waals surface area contributed by atoms with E-state index in [9.17, 15) is 9.59 Å². The van der Waals surface area contributed by atoms with Crippen LogP contribution in [-0.4, -0.2) is 96.9 Å². The fourth-order valence-electron chi connectivity index (χ4n) is 3.00. The Balaban J connectivity index is 0.00000900. The van der Waals surface area contributed by atoms with E-state index in [0.717, 1.165) is 0 Å². The Kier molecular flexibility index (Phi) is 12.1. The van der Waals surface area contributed by atoms with Crippen molar-refractivity contribution in [2.45, 2.75) is 63.8 Å². The maximum atomic E-state index is 12.9. The third kappa shape index (κ3) is 9.69. The van der Waals surface area contributed by atoms with Crippen LogP contribution in [0, 0.1) is 0 Å². The Morgan fingerprint density at radius 2 is 1.06 bits per heavy atom. The first-order valence-corrected chi connectivity index (χ1v) is 10.2. The molecule has 0 aromatic rings. The molecule has 10 nitrogen and oxygen atoms in total. The third-order valence-corrected chi connectivity index (χ3v) is 4.78. The molecule has 184 valence electrons. The van der Waals surface area contributed by atoms with Crippen LogP contribution >= 0.6 is 0 Å². The van der Waals surface area contributed by atoms with Crippen molar-refractivity contribution in [3.63, 3.8) is 0 Å². The Bertz CT molecular complexity index is 542.